The van der Waals surface area contributed by atoms with Gasteiger partial charge in [0.05, 0.1) is 6.10 Å². The summed E-state index contributed by atoms with van der Waals surface area (Å²) in [5, 5.41) is 9.36. The molecule has 0 aliphatic carbocycles. The van der Waals surface area contributed by atoms with Gasteiger partial charge < -0.3 is 9.84 Å². The molecule has 0 unspecified atom stereocenters. The van der Waals surface area contributed by atoms with E-state index in [4.69, 9.17) is 4.74 Å². The molecule has 0 amide bonds. The normalized spacial score (nSPS) is 12.2. The molecule has 94 valence electrons. The minimum atomic E-state index is -0.689. The molecule has 0 heterocycles. The summed E-state index contributed by atoms with van der Waals surface area (Å²) >= 11 is 2.16. The number of aliphatic hydroxyl groups excluding tert-OH is 1. The maximum Gasteiger partial charge on any atom is 0.166 e. The Bertz CT molecular complexity index is 555. The van der Waals surface area contributed by atoms with Crippen molar-refractivity contribution in [2.75, 3.05) is 0 Å². The van der Waals surface area contributed by atoms with E-state index in [0.717, 1.165) is 3.57 Å². The van der Waals surface area contributed by atoms with E-state index in [1.165, 1.54) is 12.1 Å². The van der Waals surface area contributed by atoms with Gasteiger partial charge in [0.25, 0.3) is 0 Å². The lowest BCUT2D eigenvalue weighted by atomic mass is 10.1. The highest BCUT2D eigenvalue weighted by molar-refractivity contribution is 14.1. The first kappa shape index (κ1) is 13.3. The van der Waals surface area contributed by atoms with Crippen LogP contribution in [0, 0.1) is 9.39 Å². The fourth-order valence-electron chi connectivity index (χ4n) is 1.52. The molecular formula is C14H12FIO2. The number of benzene rings is 2. The number of hydrogen-bond acceptors (Lipinski definition) is 2. The van der Waals surface area contributed by atoms with Crippen LogP contribution < -0.4 is 4.74 Å². The summed E-state index contributed by atoms with van der Waals surface area (Å²) in [6, 6.07) is 11.8. The first-order chi connectivity index (χ1) is 8.56. The van der Waals surface area contributed by atoms with Crippen LogP contribution in [0.3, 0.4) is 0 Å². The van der Waals surface area contributed by atoms with Gasteiger partial charge in [0, 0.05) is 3.57 Å². The molecule has 4 heteroatoms. The molecule has 0 aliphatic rings. The Labute approximate surface area is 119 Å². The summed E-state index contributed by atoms with van der Waals surface area (Å²) in [4.78, 5) is 0. The van der Waals surface area contributed by atoms with Crippen LogP contribution in [0.2, 0.25) is 0 Å². The molecule has 2 aromatic carbocycles. The number of hydrogen-bond donors (Lipinski definition) is 1. The molecule has 2 aromatic rings. The maximum absolute atomic E-state index is 13.8. The Hall–Kier alpha value is -1.14. The number of aliphatic hydroxyl groups is 1. The van der Waals surface area contributed by atoms with Gasteiger partial charge in [0.2, 0.25) is 0 Å². The topological polar surface area (TPSA) is 29.5 Å². The van der Waals surface area contributed by atoms with Gasteiger partial charge in [-0.15, -0.1) is 0 Å². The monoisotopic (exact) mass is 358 g/mol. The molecule has 0 fully saturated rings. The molecule has 1 atom stereocenters. The van der Waals surface area contributed by atoms with Crippen LogP contribution in [0.5, 0.6) is 11.5 Å². The summed E-state index contributed by atoms with van der Waals surface area (Å²) < 4.78 is 20.2. The van der Waals surface area contributed by atoms with Crippen molar-refractivity contribution in [2.45, 2.75) is 13.0 Å². The van der Waals surface area contributed by atoms with Crippen molar-refractivity contribution in [1.29, 1.82) is 0 Å². The Morgan fingerprint density at radius 3 is 2.61 bits per heavy atom. The summed E-state index contributed by atoms with van der Waals surface area (Å²) in [6.07, 6.45) is -0.689. The van der Waals surface area contributed by atoms with Crippen LogP contribution >= 0.6 is 22.6 Å². The Morgan fingerprint density at radius 2 is 2.00 bits per heavy atom. The van der Waals surface area contributed by atoms with Gasteiger partial charge in [-0.1, -0.05) is 12.1 Å². The highest BCUT2D eigenvalue weighted by Gasteiger charge is 2.08. The summed E-state index contributed by atoms with van der Waals surface area (Å²) in [5.41, 5.74) is 0.530. The van der Waals surface area contributed by atoms with E-state index in [1.54, 1.807) is 19.1 Å². The molecule has 2 nitrogen and oxygen atoms in total. The fraction of sp³-hybridized carbons (Fsp3) is 0.143. The van der Waals surface area contributed by atoms with Crippen molar-refractivity contribution in [2.24, 2.45) is 0 Å². The molecule has 2 rings (SSSR count). The maximum atomic E-state index is 13.8. The van der Waals surface area contributed by atoms with Crippen LogP contribution in [0.15, 0.2) is 42.5 Å². The molecular weight excluding hydrogens is 346 g/mol. The molecule has 0 saturated carbocycles. The number of rotatable bonds is 3. The molecule has 18 heavy (non-hydrogen) atoms. The van der Waals surface area contributed by atoms with Crippen molar-refractivity contribution >= 4 is 22.6 Å². The molecule has 1 N–H and O–H groups in total. The van der Waals surface area contributed by atoms with Crippen LogP contribution in [0.25, 0.3) is 0 Å². The fourth-order valence-corrected chi connectivity index (χ4v) is 2.03. The van der Waals surface area contributed by atoms with Crippen LogP contribution in [-0.4, -0.2) is 5.11 Å². The van der Waals surface area contributed by atoms with E-state index in [9.17, 15) is 9.50 Å². The molecule has 0 spiro atoms. The van der Waals surface area contributed by atoms with Crippen molar-refractivity contribution in [3.8, 4) is 11.5 Å². The third-order valence-electron chi connectivity index (χ3n) is 2.46. The van der Waals surface area contributed by atoms with Crippen LogP contribution in [-0.2, 0) is 0 Å². The van der Waals surface area contributed by atoms with E-state index in [1.807, 2.05) is 18.2 Å². The summed E-state index contributed by atoms with van der Waals surface area (Å²) in [7, 11) is 0. The third-order valence-corrected chi connectivity index (χ3v) is 3.13. The second-order valence-electron chi connectivity index (χ2n) is 3.93. The van der Waals surface area contributed by atoms with Gasteiger partial charge in [-0.3, -0.25) is 0 Å². The predicted octanol–water partition coefficient (Wildman–Crippen LogP) is 4.28. The van der Waals surface area contributed by atoms with Crippen LogP contribution in [0.4, 0.5) is 4.39 Å². The Kier molecular flexibility index (Phi) is 4.19. The molecule has 0 bridgehead atoms. The van der Waals surface area contributed by atoms with E-state index in [0.29, 0.717) is 11.3 Å². The molecule has 0 saturated heterocycles. The summed E-state index contributed by atoms with van der Waals surface area (Å²) in [5.74, 6) is 0.263. The largest absolute Gasteiger partial charge is 0.454 e. The van der Waals surface area contributed by atoms with Gasteiger partial charge in [0.15, 0.2) is 11.6 Å². The van der Waals surface area contributed by atoms with Gasteiger partial charge in [-0.2, -0.15) is 0 Å². The van der Waals surface area contributed by atoms with Crippen molar-refractivity contribution in [1.82, 2.24) is 0 Å². The molecule has 0 radical (unpaired) electrons. The first-order valence-corrected chi connectivity index (χ1v) is 6.55. The van der Waals surface area contributed by atoms with Gasteiger partial charge in [0.1, 0.15) is 5.75 Å². The Morgan fingerprint density at radius 1 is 1.22 bits per heavy atom. The zero-order valence-electron chi connectivity index (χ0n) is 9.73. The molecule has 0 aromatic heterocycles. The standard InChI is InChI=1S/C14H12FIO2/c1-9(17)10-5-6-14(13(15)7-10)18-12-4-2-3-11(16)8-12/h2-9,17H,1H3/t9-/m0/s1. The minimum absolute atomic E-state index is 0.154. The number of halogens is 2. The molecule has 0 aliphatic heterocycles. The van der Waals surface area contributed by atoms with Crippen molar-refractivity contribution in [3.63, 3.8) is 0 Å². The minimum Gasteiger partial charge on any atom is -0.454 e. The summed E-state index contributed by atoms with van der Waals surface area (Å²) in [6.45, 7) is 1.59. The lowest BCUT2D eigenvalue weighted by Crippen LogP contribution is -1.94. The average Bonchev–Trinajstić information content (AvgIpc) is 2.31. The van der Waals surface area contributed by atoms with E-state index < -0.39 is 11.9 Å². The van der Waals surface area contributed by atoms with Gasteiger partial charge in [-0.05, 0) is 65.4 Å². The van der Waals surface area contributed by atoms with Gasteiger partial charge in [-0.25, -0.2) is 4.39 Å². The third kappa shape index (κ3) is 3.20. The smallest absolute Gasteiger partial charge is 0.166 e. The zero-order valence-corrected chi connectivity index (χ0v) is 11.9. The Balaban J connectivity index is 2.24. The highest BCUT2D eigenvalue weighted by atomic mass is 127. The average molecular weight is 358 g/mol. The first-order valence-electron chi connectivity index (χ1n) is 5.47. The van der Waals surface area contributed by atoms with Crippen LogP contribution in [0.1, 0.15) is 18.6 Å². The van der Waals surface area contributed by atoms with E-state index in [-0.39, 0.29) is 5.75 Å². The zero-order chi connectivity index (χ0) is 13.1. The van der Waals surface area contributed by atoms with Gasteiger partial charge >= 0.3 is 0 Å². The van der Waals surface area contributed by atoms with Crippen molar-refractivity contribution in [3.05, 3.63) is 57.4 Å². The number of ether oxygens (including phenoxy) is 1. The highest BCUT2D eigenvalue weighted by Crippen LogP contribution is 2.27. The lowest BCUT2D eigenvalue weighted by Gasteiger charge is -2.09. The lowest BCUT2D eigenvalue weighted by molar-refractivity contribution is 0.198. The quantitative estimate of drug-likeness (QED) is 0.831. The second kappa shape index (κ2) is 5.67. The van der Waals surface area contributed by atoms with Crippen molar-refractivity contribution < 1.29 is 14.2 Å². The predicted molar refractivity (Wildman–Crippen MR) is 76.3 cm³/mol. The van der Waals surface area contributed by atoms with E-state index in [2.05, 4.69) is 22.6 Å². The SMILES string of the molecule is C[C@H](O)c1ccc(Oc2cccc(I)c2)c(F)c1. The second-order valence-corrected chi connectivity index (χ2v) is 5.17. The van der Waals surface area contributed by atoms with E-state index >= 15 is 0 Å².